The first kappa shape index (κ1) is 14.8. The van der Waals surface area contributed by atoms with Crippen LogP contribution in [0.3, 0.4) is 0 Å². The van der Waals surface area contributed by atoms with Crippen LogP contribution in [0, 0.1) is 5.82 Å². The van der Waals surface area contributed by atoms with Crippen LogP contribution in [0.15, 0.2) is 60.9 Å². The number of hydrogen-bond acceptors (Lipinski definition) is 3. The summed E-state index contributed by atoms with van der Waals surface area (Å²) in [6.45, 7) is -0.272. The molecule has 0 fully saturated rings. The highest BCUT2D eigenvalue weighted by molar-refractivity contribution is 5.92. The second-order valence-electron chi connectivity index (χ2n) is 4.79. The van der Waals surface area contributed by atoms with Crippen molar-refractivity contribution in [1.29, 1.82) is 0 Å². The molecular formula is C17H14FN3O2. The Labute approximate surface area is 132 Å². The van der Waals surface area contributed by atoms with E-state index in [0.717, 1.165) is 5.56 Å². The number of para-hydroxylation sites is 1. The maximum absolute atomic E-state index is 13.4. The summed E-state index contributed by atoms with van der Waals surface area (Å²) < 4.78 is 18.6. The van der Waals surface area contributed by atoms with E-state index in [4.69, 9.17) is 4.74 Å². The normalized spacial score (nSPS) is 10.3. The fraction of sp³-hybridized carbons (Fsp3) is 0.0588. The molecule has 0 aliphatic carbocycles. The van der Waals surface area contributed by atoms with Gasteiger partial charge in [-0.15, -0.1) is 0 Å². The molecule has 0 atom stereocenters. The molecule has 0 radical (unpaired) electrons. The van der Waals surface area contributed by atoms with Gasteiger partial charge in [-0.05, 0) is 24.3 Å². The lowest BCUT2D eigenvalue weighted by Crippen LogP contribution is -2.20. The number of amides is 1. The van der Waals surface area contributed by atoms with Gasteiger partial charge in [0.2, 0.25) is 0 Å². The number of hydrogen-bond donors (Lipinski definition) is 2. The Bertz CT molecular complexity index is 803. The van der Waals surface area contributed by atoms with Gasteiger partial charge in [-0.2, -0.15) is 0 Å². The average molecular weight is 311 g/mol. The number of halogens is 1. The number of rotatable bonds is 5. The largest absolute Gasteiger partial charge is 0.481 e. The van der Waals surface area contributed by atoms with E-state index in [1.807, 2.05) is 12.1 Å². The molecule has 1 amide bonds. The van der Waals surface area contributed by atoms with Crippen molar-refractivity contribution in [3.05, 3.63) is 66.7 Å². The van der Waals surface area contributed by atoms with Crippen molar-refractivity contribution < 1.29 is 13.9 Å². The van der Waals surface area contributed by atoms with Gasteiger partial charge in [-0.25, -0.2) is 9.37 Å². The summed E-state index contributed by atoms with van der Waals surface area (Å²) in [5.41, 5.74) is 1.46. The van der Waals surface area contributed by atoms with Crippen LogP contribution in [0.2, 0.25) is 0 Å². The first-order valence-electron chi connectivity index (χ1n) is 6.99. The zero-order valence-corrected chi connectivity index (χ0v) is 12.1. The molecule has 2 N–H and O–H groups in total. The lowest BCUT2D eigenvalue weighted by atomic mass is 10.2. The Kier molecular flexibility index (Phi) is 4.33. The van der Waals surface area contributed by atoms with Crippen LogP contribution < -0.4 is 10.1 Å². The van der Waals surface area contributed by atoms with Crippen LogP contribution in [0.1, 0.15) is 0 Å². The Morgan fingerprint density at radius 3 is 2.87 bits per heavy atom. The molecule has 6 heteroatoms. The monoisotopic (exact) mass is 311 g/mol. The van der Waals surface area contributed by atoms with Crippen molar-refractivity contribution in [2.45, 2.75) is 0 Å². The molecule has 3 aromatic rings. The van der Waals surface area contributed by atoms with E-state index in [2.05, 4.69) is 15.3 Å². The van der Waals surface area contributed by atoms with Crippen molar-refractivity contribution in [2.75, 3.05) is 11.9 Å². The Morgan fingerprint density at radius 1 is 1.22 bits per heavy atom. The van der Waals surface area contributed by atoms with Crippen LogP contribution in [-0.4, -0.2) is 22.5 Å². The lowest BCUT2D eigenvalue weighted by molar-refractivity contribution is -0.118. The fourth-order valence-electron chi connectivity index (χ4n) is 2.07. The van der Waals surface area contributed by atoms with Crippen LogP contribution in [0.4, 0.5) is 10.1 Å². The summed E-state index contributed by atoms with van der Waals surface area (Å²) >= 11 is 0. The van der Waals surface area contributed by atoms with E-state index < -0.39 is 5.82 Å². The number of aromatic amines is 1. The zero-order valence-electron chi connectivity index (χ0n) is 12.1. The number of H-pyrrole nitrogens is 1. The van der Waals surface area contributed by atoms with Gasteiger partial charge in [0.15, 0.2) is 18.2 Å². The average Bonchev–Trinajstić information content (AvgIpc) is 3.09. The van der Waals surface area contributed by atoms with Crippen molar-refractivity contribution in [1.82, 2.24) is 9.97 Å². The third-order valence-corrected chi connectivity index (χ3v) is 3.11. The number of carbonyl (C=O) groups excluding carboxylic acids is 1. The molecule has 0 aliphatic rings. The SMILES string of the molecule is O=C(COc1ccccc1F)Nc1cccc(-c2ncc[nH]2)c1. The van der Waals surface area contributed by atoms with E-state index in [0.29, 0.717) is 11.5 Å². The standard InChI is InChI=1S/C17H14FN3O2/c18-14-6-1-2-7-15(14)23-11-16(22)21-13-5-3-4-12(10-13)17-19-8-9-20-17/h1-10H,11H2,(H,19,20)(H,21,22). The van der Waals surface area contributed by atoms with Gasteiger partial charge in [-0.3, -0.25) is 4.79 Å². The molecule has 1 heterocycles. The summed E-state index contributed by atoms with van der Waals surface area (Å²) in [4.78, 5) is 19.1. The highest BCUT2D eigenvalue weighted by Gasteiger charge is 2.08. The van der Waals surface area contributed by atoms with Gasteiger partial charge in [0, 0.05) is 23.6 Å². The quantitative estimate of drug-likeness (QED) is 0.760. The highest BCUT2D eigenvalue weighted by Crippen LogP contribution is 2.19. The maximum Gasteiger partial charge on any atom is 0.262 e. The van der Waals surface area contributed by atoms with Gasteiger partial charge in [0.25, 0.3) is 5.91 Å². The smallest absolute Gasteiger partial charge is 0.262 e. The summed E-state index contributed by atoms with van der Waals surface area (Å²) in [5.74, 6) is -0.111. The fourth-order valence-corrected chi connectivity index (χ4v) is 2.07. The van der Waals surface area contributed by atoms with Crippen LogP contribution in [0.25, 0.3) is 11.4 Å². The van der Waals surface area contributed by atoms with Gasteiger partial charge >= 0.3 is 0 Å². The highest BCUT2D eigenvalue weighted by atomic mass is 19.1. The van der Waals surface area contributed by atoms with Gasteiger partial charge < -0.3 is 15.0 Å². The number of ether oxygens (including phenoxy) is 1. The molecule has 0 saturated heterocycles. The number of anilines is 1. The van der Waals surface area contributed by atoms with Gasteiger partial charge in [-0.1, -0.05) is 24.3 Å². The molecule has 0 bridgehead atoms. The molecule has 3 rings (SSSR count). The lowest BCUT2D eigenvalue weighted by Gasteiger charge is -2.09. The van der Waals surface area contributed by atoms with Crippen LogP contribution in [-0.2, 0) is 4.79 Å². The number of imidazole rings is 1. The summed E-state index contributed by atoms with van der Waals surface area (Å²) in [6, 6.07) is 13.2. The predicted octanol–water partition coefficient (Wildman–Crippen LogP) is 3.23. The Morgan fingerprint density at radius 2 is 2.09 bits per heavy atom. The van der Waals surface area contributed by atoms with E-state index in [9.17, 15) is 9.18 Å². The van der Waals surface area contributed by atoms with Crippen LogP contribution >= 0.6 is 0 Å². The number of aromatic nitrogens is 2. The molecular weight excluding hydrogens is 297 g/mol. The molecule has 1 aromatic heterocycles. The molecule has 23 heavy (non-hydrogen) atoms. The summed E-state index contributed by atoms with van der Waals surface area (Å²) in [5, 5.41) is 2.71. The van der Waals surface area contributed by atoms with Gasteiger partial charge in [0.1, 0.15) is 5.82 Å². The molecule has 0 saturated carbocycles. The minimum absolute atomic E-state index is 0.0481. The number of benzene rings is 2. The van der Waals surface area contributed by atoms with Gasteiger partial charge in [0.05, 0.1) is 0 Å². The van der Waals surface area contributed by atoms with E-state index in [1.165, 1.54) is 12.1 Å². The van der Waals surface area contributed by atoms with E-state index in [-0.39, 0.29) is 18.3 Å². The second-order valence-corrected chi connectivity index (χ2v) is 4.79. The molecule has 116 valence electrons. The molecule has 5 nitrogen and oxygen atoms in total. The topological polar surface area (TPSA) is 67.0 Å². The Balaban J connectivity index is 1.62. The maximum atomic E-state index is 13.4. The number of carbonyl (C=O) groups is 1. The van der Waals surface area contributed by atoms with Crippen LogP contribution in [0.5, 0.6) is 5.75 Å². The molecule has 0 unspecified atom stereocenters. The minimum atomic E-state index is -0.500. The third-order valence-electron chi connectivity index (χ3n) is 3.11. The summed E-state index contributed by atoms with van der Waals surface area (Å²) in [7, 11) is 0. The minimum Gasteiger partial charge on any atom is -0.481 e. The third kappa shape index (κ3) is 3.74. The van der Waals surface area contributed by atoms with E-state index in [1.54, 1.807) is 36.7 Å². The molecule has 0 spiro atoms. The van der Waals surface area contributed by atoms with Crippen molar-refractivity contribution in [3.8, 4) is 17.1 Å². The molecule has 2 aromatic carbocycles. The first-order chi connectivity index (χ1) is 11.2. The second kappa shape index (κ2) is 6.74. The summed E-state index contributed by atoms with van der Waals surface area (Å²) in [6.07, 6.45) is 3.38. The zero-order chi connectivity index (χ0) is 16.1. The first-order valence-corrected chi connectivity index (χ1v) is 6.99. The van der Waals surface area contributed by atoms with Crippen molar-refractivity contribution in [3.63, 3.8) is 0 Å². The van der Waals surface area contributed by atoms with Crippen molar-refractivity contribution in [2.24, 2.45) is 0 Å². The van der Waals surface area contributed by atoms with E-state index >= 15 is 0 Å². The Hall–Kier alpha value is -3.15. The predicted molar refractivity (Wildman–Crippen MR) is 84.5 cm³/mol. The molecule has 0 aliphatic heterocycles. The van der Waals surface area contributed by atoms with Crippen molar-refractivity contribution >= 4 is 11.6 Å². The number of nitrogens with one attached hydrogen (secondary N) is 2. The number of nitrogens with zero attached hydrogens (tertiary/aromatic N) is 1.